The zero-order valence-corrected chi connectivity index (χ0v) is 41.9. The average molecular weight is 1020 g/mol. The van der Waals surface area contributed by atoms with E-state index in [1.807, 2.05) is 31.2 Å². The minimum atomic E-state index is -2.76. The monoisotopic (exact) mass is 1020 g/mol. The van der Waals surface area contributed by atoms with Crippen LogP contribution in [0.25, 0.3) is 10.9 Å². The lowest BCUT2D eigenvalue weighted by Crippen LogP contribution is -2.58. The summed E-state index contributed by atoms with van der Waals surface area (Å²) in [5, 5.41) is 21.1. The lowest BCUT2D eigenvalue weighted by Gasteiger charge is -2.46. The van der Waals surface area contributed by atoms with E-state index in [1.165, 1.54) is 12.1 Å². The molecule has 5 aromatic rings. The normalized spacial score (nSPS) is 18.8. The Morgan fingerprint density at radius 2 is 1.69 bits per heavy atom. The van der Waals surface area contributed by atoms with Crippen molar-refractivity contribution in [2.24, 2.45) is 0 Å². The molecule has 0 spiro atoms. The van der Waals surface area contributed by atoms with E-state index in [9.17, 15) is 19.3 Å². The number of hydrogen-bond acceptors (Lipinski definition) is 13. The Morgan fingerprint density at radius 3 is 2.37 bits per heavy atom. The highest BCUT2D eigenvalue weighted by atomic mass is 79.9. The number of piperidine rings is 2. The molecule has 3 aliphatic heterocycles. The number of benzene rings is 3. The third kappa shape index (κ3) is 10.9. The summed E-state index contributed by atoms with van der Waals surface area (Å²) in [5.41, 5.74) is 5.69. The molecule has 8 rings (SSSR count). The van der Waals surface area contributed by atoms with Crippen LogP contribution in [0.2, 0.25) is 0 Å². The number of carbonyl (C=O) groups is 2. The lowest BCUT2D eigenvalue weighted by atomic mass is 9.89. The number of halogens is 3. The van der Waals surface area contributed by atoms with Crippen LogP contribution in [0.4, 0.5) is 37.6 Å². The van der Waals surface area contributed by atoms with Crippen molar-refractivity contribution in [3.05, 3.63) is 93.2 Å². The van der Waals surface area contributed by atoms with Crippen molar-refractivity contribution in [1.82, 2.24) is 30.1 Å². The average Bonchev–Trinajstić information content (AvgIpc) is 3.32. The van der Waals surface area contributed by atoms with Gasteiger partial charge in [0.1, 0.15) is 30.3 Å². The van der Waals surface area contributed by atoms with Gasteiger partial charge in [0.15, 0.2) is 0 Å². The van der Waals surface area contributed by atoms with E-state index in [-0.39, 0.29) is 31.1 Å². The van der Waals surface area contributed by atoms with Gasteiger partial charge in [-0.3, -0.25) is 29.7 Å². The summed E-state index contributed by atoms with van der Waals surface area (Å²) in [6.45, 7) is 14.6. The molecule has 0 radical (unpaired) electrons. The highest BCUT2D eigenvalue weighted by Gasteiger charge is 2.35. The molecular formula is C50H61BrF2N9O5P. The molecule has 3 aliphatic rings. The number of aliphatic hydroxyl groups is 1. The first-order valence-electron chi connectivity index (χ1n) is 23.7. The number of nitrogens with one attached hydrogen (secondary N) is 3. The molecule has 3 aromatic carbocycles. The van der Waals surface area contributed by atoms with Gasteiger partial charge >= 0.3 is 0 Å². The Kier molecular flexibility index (Phi) is 15.5. The van der Waals surface area contributed by atoms with Gasteiger partial charge in [-0.05, 0) is 122 Å². The molecule has 0 aliphatic carbocycles. The van der Waals surface area contributed by atoms with Crippen LogP contribution in [0.1, 0.15) is 74.8 Å². The van der Waals surface area contributed by atoms with E-state index < -0.39 is 36.5 Å². The lowest BCUT2D eigenvalue weighted by molar-refractivity contribution is -0.134. The summed E-state index contributed by atoms with van der Waals surface area (Å²) in [7, 11) is -2.76. The number of aromatic nitrogens is 3. The van der Waals surface area contributed by atoms with Crippen molar-refractivity contribution in [3.63, 3.8) is 0 Å². The summed E-state index contributed by atoms with van der Waals surface area (Å²) >= 11 is 3.62. The van der Waals surface area contributed by atoms with Crippen LogP contribution in [-0.2, 0) is 33.4 Å². The van der Waals surface area contributed by atoms with E-state index >= 15 is 8.78 Å². The van der Waals surface area contributed by atoms with Crippen molar-refractivity contribution < 1.29 is 32.8 Å². The SMILES string of the molecule is CCOc1cc(N2CCC(N3CCN(CCc4cc(F)c([C@H]5CCC(=O)NC5=O)c(F)c4)[C@H](CO)C3)CC2)c(CC)cc1Nc1ncc(Br)c(Nc2ccc3nc(CC)ccc3c2P(C)(C)=O)n1. The van der Waals surface area contributed by atoms with Gasteiger partial charge in [-0.25, -0.2) is 13.8 Å². The molecule has 2 aromatic heterocycles. The zero-order chi connectivity index (χ0) is 48.3. The van der Waals surface area contributed by atoms with Gasteiger partial charge in [0.25, 0.3) is 0 Å². The Labute approximate surface area is 405 Å². The van der Waals surface area contributed by atoms with E-state index in [2.05, 4.69) is 77.5 Å². The van der Waals surface area contributed by atoms with E-state index in [0.29, 0.717) is 70.7 Å². The highest BCUT2D eigenvalue weighted by molar-refractivity contribution is 9.10. The fourth-order valence-electron chi connectivity index (χ4n) is 9.98. The summed E-state index contributed by atoms with van der Waals surface area (Å²) in [5.74, 6) is -2.13. The van der Waals surface area contributed by atoms with Crippen molar-refractivity contribution in [2.45, 2.75) is 83.7 Å². The maximum absolute atomic E-state index is 15.2. The highest BCUT2D eigenvalue weighted by Crippen LogP contribution is 2.43. The first kappa shape index (κ1) is 49.4. The number of imide groups is 1. The van der Waals surface area contributed by atoms with Gasteiger partial charge in [0.2, 0.25) is 17.8 Å². The van der Waals surface area contributed by atoms with Crippen molar-refractivity contribution in [1.29, 1.82) is 0 Å². The number of aliphatic hydroxyl groups excluding tert-OH is 1. The molecule has 362 valence electrons. The first-order chi connectivity index (χ1) is 32.7. The number of ether oxygens (including phenoxy) is 1. The molecule has 0 bridgehead atoms. The minimum absolute atomic E-state index is 0.0277. The van der Waals surface area contributed by atoms with Gasteiger partial charge in [-0.15, -0.1) is 0 Å². The van der Waals surface area contributed by atoms with Crippen LogP contribution in [0.15, 0.2) is 59.2 Å². The summed E-state index contributed by atoms with van der Waals surface area (Å²) < 4.78 is 51.1. The number of pyridine rings is 1. The molecule has 5 heterocycles. The molecule has 3 saturated heterocycles. The van der Waals surface area contributed by atoms with Crippen LogP contribution in [0.3, 0.4) is 0 Å². The molecule has 4 N–H and O–H groups in total. The predicted octanol–water partition coefficient (Wildman–Crippen LogP) is 8.03. The maximum atomic E-state index is 15.2. The maximum Gasteiger partial charge on any atom is 0.234 e. The molecule has 2 atom stereocenters. The minimum Gasteiger partial charge on any atom is -0.492 e. The summed E-state index contributed by atoms with van der Waals surface area (Å²) in [4.78, 5) is 45.3. The molecule has 18 heteroatoms. The van der Waals surface area contributed by atoms with Gasteiger partial charge in [0.05, 0.1) is 40.5 Å². The van der Waals surface area contributed by atoms with Crippen LogP contribution >= 0.6 is 23.1 Å². The molecular weight excluding hydrogens is 955 g/mol. The smallest absolute Gasteiger partial charge is 0.234 e. The first-order valence-corrected chi connectivity index (χ1v) is 27.1. The second-order valence-electron chi connectivity index (χ2n) is 18.3. The fourth-order valence-corrected chi connectivity index (χ4v) is 11.7. The molecule has 3 fully saturated rings. The van der Waals surface area contributed by atoms with Crippen LogP contribution in [0, 0.1) is 11.6 Å². The molecule has 0 unspecified atom stereocenters. The predicted molar refractivity (Wildman–Crippen MR) is 268 cm³/mol. The van der Waals surface area contributed by atoms with Crippen molar-refractivity contribution in [2.75, 3.05) is 81.3 Å². The molecule has 14 nitrogen and oxygen atoms in total. The molecule has 0 saturated carbocycles. The Balaban J connectivity index is 0.906. The number of rotatable bonds is 16. The van der Waals surface area contributed by atoms with Gasteiger partial charge < -0.3 is 29.9 Å². The number of aryl methyl sites for hydroxylation is 2. The number of piperazine rings is 1. The van der Waals surface area contributed by atoms with Crippen LogP contribution in [-0.4, -0.2) is 120 Å². The third-order valence-electron chi connectivity index (χ3n) is 13.5. The topological polar surface area (TPSA) is 165 Å². The van der Waals surface area contributed by atoms with Crippen molar-refractivity contribution in [3.8, 4) is 5.75 Å². The number of hydrogen-bond donors (Lipinski definition) is 4. The number of anilines is 5. The Morgan fingerprint density at radius 1 is 0.926 bits per heavy atom. The Bertz CT molecular complexity index is 2710. The Hall–Kier alpha value is -5.06. The quantitative estimate of drug-likeness (QED) is 0.0555. The fraction of sp³-hybridized carbons (Fsp3) is 0.460. The van der Waals surface area contributed by atoms with Crippen molar-refractivity contribution >= 4 is 79.9 Å². The number of amides is 2. The second-order valence-corrected chi connectivity index (χ2v) is 22.3. The van der Waals surface area contributed by atoms with Gasteiger partial charge in [0, 0.05) is 97.7 Å². The molecule has 2 amide bonds. The largest absolute Gasteiger partial charge is 0.492 e. The summed E-state index contributed by atoms with van der Waals surface area (Å²) in [6, 6.07) is 14.9. The summed E-state index contributed by atoms with van der Waals surface area (Å²) in [6.07, 6.45) is 5.69. The standard InChI is InChI=1S/C50H61BrF2N9O5P/c1-6-31-25-42(57-50-54-27-37(51)48(59-50)56-41-13-12-40-35(47(41)68(4,5)66)10-9-32(7-2)55-40)44(67-8-3)26-43(31)61-19-16-33(17-20-61)62-22-21-60(34(28-62)29-63)18-15-30-23-38(52)46(39(53)24-30)36-11-14-45(64)58-49(36)65/h9-10,12-13,23-27,33-34,36,63H,6-8,11,14-22,28-29H2,1-5H3,(H,58,64,65)(H2,54,56,57,59)/t34-,36+/m0/s1. The number of nitrogens with zero attached hydrogens (tertiary/aromatic N) is 6. The second kappa shape index (κ2) is 21.3. The zero-order valence-electron chi connectivity index (χ0n) is 39.4. The van der Waals surface area contributed by atoms with E-state index in [0.717, 1.165) is 85.4 Å². The van der Waals surface area contributed by atoms with Gasteiger partial charge in [-0.1, -0.05) is 19.9 Å². The number of fused-ring (bicyclic) bond motifs is 1. The number of carbonyl (C=O) groups excluding carboxylic acids is 2. The molecule has 68 heavy (non-hydrogen) atoms. The van der Waals surface area contributed by atoms with Crippen LogP contribution < -0.4 is 30.9 Å². The van der Waals surface area contributed by atoms with E-state index in [1.54, 1.807) is 19.5 Å². The third-order valence-corrected chi connectivity index (χ3v) is 15.6. The van der Waals surface area contributed by atoms with E-state index in [4.69, 9.17) is 14.7 Å². The van der Waals surface area contributed by atoms with Crippen LogP contribution in [0.5, 0.6) is 5.75 Å². The van der Waals surface area contributed by atoms with Gasteiger partial charge in [-0.2, -0.15) is 4.98 Å².